The lowest BCUT2D eigenvalue weighted by molar-refractivity contribution is -0.116. The lowest BCUT2D eigenvalue weighted by atomic mass is 9.89. The van der Waals surface area contributed by atoms with Crippen molar-refractivity contribution >= 4 is 33.1 Å². The van der Waals surface area contributed by atoms with E-state index in [0.29, 0.717) is 12.3 Å². The van der Waals surface area contributed by atoms with Gasteiger partial charge in [-0.3, -0.25) is 9.59 Å². The molecule has 28 heavy (non-hydrogen) atoms. The zero-order valence-corrected chi connectivity index (χ0v) is 16.9. The predicted octanol–water partition coefficient (Wildman–Crippen LogP) is 3.81. The van der Waals surface area contributed by atoms with Crippen molar-refractivity contribution < 1.29 is 4.79 Å². The summed E-state index contributed by atoms with van der Waals surface area (Å²) in [6.07, 6.45) is 2.78. The average Bonchev–Trinajstić information content (AvgIpc) is 3.00. The van der Waals surface area contributed by atoms with Crippen LogP contribution < -0.4 is 10.2 Å². The monoisotopic (exact) mass is 395 g/mol. The number of benzene rings is 2. The van der Waals surface area contributed by atoms with Crippen molar-refractivity contribution in [3.63, 3.8) is 0 Å². The van der Waals surface area contributed by atoms with Crippen molar-refractivity contribution in [2.45, 2.75) is 25.2 Å². The normalized spacial score (nSPS) is 15.8. The first-order valence-corrected chi connectivity index (χ1v) is 10.6. The number of aromatic nitrogens is 1. The summed E-state index contributed by atoms with van der Waals surface area (Å²) < 4.78 is 2.53. The first kappa shape index (κ1) is 18.9. The maximum atomic E-state index is 12.3. The molecule has 1 N–H and O–H groups in total. The Bertz CT molecular complexity index is 1020. The van der Waals surface area contributed by atoms with Crippen molar-refractivity contribution in [2.75, 3.05) is 25.0 Å². The lowest BCUT2D eigenvalue weighted by Crippen LogP contribution is -2.35. The quantitative estimate of drug-likeness (QED) is 0.715. The van der Waals surface area contributed by atoms with Crippen molar-refractivity contribution in [3.8, 4) is 0 Å². The standard InChI is InChI=1S/C22H25N3O2S/c1-24-19-8-7-18(15-20(19)28-22(24)27)23-21(26)11-14-25-12-9-17(10-13-25)16-5-3-2-4-6-16/h2-8,15,17H,9-14H2,1H3,(H,23,26). The van der Waals surface area contributed by atoms with Crippen LogP contribution in [0.2, 0.25) is 0 Å². The number of nitrogens with zero attached hydrogens (tertiary/aromatic N) is 2. The lowest BCUT2D eigenvalue weighted by Gasteiger charge is -2.32. The molecule has 6 heteroatoms. The number of fused-ring (bicyclic) bond motifs is 1. The first-order valence-electron chi connectivity index (χ1n) is 9.77. The van der Waals surface area contributed by atoms with E-state index >= 15 is 0 Å². The van der Waals surface area contributed by atoms with Crippen LogP contribution in [0.1, 0.15) is 30.7 Å². The molecular weight excluding hydrogens is 370 g/mol. The average molecular weight is 396 g/mol. The van der Waals surface area contributed by atoms with Crippen molar-refractivity contribution in [3.05, 3.63) is 63.8 Å². The van der Waals surface area contributed by atoms with Gasteiger partial charge < -0.3 is 14.8 Å². The number of carbonyl (C=O) groups is 1. The fourth-order valence-electron chi connectivity index (χ4n) is 3.91. The Kier molecular flexibility index (Phi) is 5.59. The Morgan fingerprint density at radius 2 is 1.89 bits per heavy atom. The van der Waals surface area contributed by atoms with Crippen LogP contribution in [0, 0.1) is 0 Å². The largest absolute Gasteiger partial charge is 0.326 e. The minimum absolute atomic E-state index is 0.0115. The highest BCUT2D eigenvalue weighted by Crippen LogP contribution is 2.27. The number of hydrogen-bond donors (Lipinski definition) is 1. The van der Waals surface area contributed by atoms with E-state index in [2.05, 4.69) is 40.5 Å². The van der Waals surface area contributed by atoms with E-state index < -0.39 is 0 Å². The number of rotatable bonds is 5. The molecule has 4 rings (SSSR count). The highest BCUT2D eigenvalue weighted by molar-refractivity contribution is 7.16. The summed E-state index contributed by atoms with van der Waals surface area (Å²) in [5.41, 5.74) is 3.08. The van der Waals surface area contributed by atoms with E-state index in [4.69, 9.17) is 0 Å². The maximum Gasteiger partial charge on any atom is 0.307 e. The van der Waals surface area contributed by atoms with Crippen molar-refractivity contribution in [2.24, 2.45) is 7.05 Å². The van der Waals surface area contributed by atoms with E-state index in [9.17, 15) is 9.59 Å². The summed E-state index contributed by atoms with van der Waals surface area (Å²) in [5, 5.41) is 2.97. The molecule has 0 spiro atoms. The second kappa shape index (κ2) is 8.29. The van der Waals surface area contributed by atoms with Gasteiger partial charge in [0.05, 0.1) is 10.2 Å². The molecular formula is C22H25N3O2S. The highest BCUT2D eigenvalue weighted by atomic mass is 32.1. The summed E-state index contributed by atoms with van der Waals surface area (Å²) in [5.74, 6) is 0.656. The molecule has 1 amide bonds. The Balaban J connectivity index is 1.26. The number of piperidine rings is 1. The van der Waals surface area contributed by atoms with Gasteiger partial charge in [0.25, 0.3) is 0 Å². The summed E-state index contributed by atoms with van der Waals surface area (Å²) in [6, 6.07) is 16.3. The van der Waals surface area contributed by atoms with Gasteiger partial charge in [-0.1, -0.05) is 41.7 Å². The molecule has 3 aromatic rings. The van der Waals surface area contributed by atoms with Crippen molar-refractivity contribution in [1.29, 1.82) is 0 Å². The zero-order chi connectivity index (χ0) is 19.5. The molecule has 1 aliphatic rings. The van der Waals surface area contributed by atoms with Gasteiger partial charge in [-0.25, -0.2) is 0 Å². The Hall–Kier alpha value is -2.44. The maximum absolute atomic E-state index is 12.3. The number of aryl methyl sites for hydroxylation is 1. The number of amides is 1. The van der Waals surface area contributed by atoms with Crippen LogP contribution in [-0.2, 0) is 11.8 Å². The second-order valence-electron chi connectivity index (χ2n) is 7.43. The molecule has 0 unspecified atom stereocenters. The van der Waals surface area contributed by atoms with Gasteiger partial charge in [0, 0.05) is 25.7 Å². The molecule has 0 aliphatic carbocycles. The second-order valence-corrected chi connectivity index (χ2v) is 8.43. The third-order valence-electron chi connectivity index (χ3n) is 5.59. The van der Waals surface area contributed by atoms with Gasteiger partial charge in [0.2, 0.25) is 5.91 Å². The van der Waals surface area contributed by atoms with E-state index in [1.165, 1.54) is 16.9 Å². The van der Waals surface area contributed by atoms with E-state index in [1.807, 2.05) is 18.2 Å². The van der Waals surface area contributed by atoms with Crippen LogP contribution in [0.5, 0.6) is 0 Å². The van der Waals surface area contributed by atoms with Gasteiger partial charge in [0.15, 0.2) is 0 Å². The summed E-state index contributed by atoms with van der Waals surface area (Å²) >= 11 is 1.20. The smallest absolute Gasteiger partial charge is 0.307 e. The van der Waals surface area contributed by atoms with Gasteiger partial charge in [-0.2, -0.15) is 0 Å². The van der Waals surface area contributed by atoms with E-state index in [1.54, 1.807) is 11.6 Å². The molecule has 5 nitrogen and oxygen atoms in total. The highest BCUT2D eigenvalue weighted by Gasteiger charge is 2.20. The molecule has 146 valence electrons. The number of likely N-dealkylation sites (tertiary alicyclic amines) is 1. The molecule has 1 fully saturated rings. The van der Waals surface area contributed by atoms with Crippen LogP contribution >= 0.6 is 11.3 Å². The number of thiazole rings is 1. The van der Waals surface area contributed by atoms with Crippen molar-refractivity contribution in [1.82, 2.24) is 9.47 Å². The molecule has 1 saturated heterocycles. The van der Waals surface area contributed by atoms with Crippen LogP contribution in [0.25, 0.3) is 10.2 Å². The van der Waals surface area contributed by atoms with Crippen LogP contribution in [0.3, 0.4) is 0 Å². The minimum atomic E-state index is 0.0115. The van der Waals surface area contributed by atoms with Gasteiger partial charge >= 0.3 is 4.87 Å². The molecule has 2 aromatic carbocycles. The molecule has 0 saturated carbocycles. The summed E-state index contributed by atoms with van der Waals surface area (Å²) in [6.45, 7) is 2.86. The summed E-state index contributed by atoms with van der Waals surface area (Å²) in [7, 11) is 1.76. The minimum Gasteiger partial charge on any atom is -0.326 e. The topological polar surface area (TPSA) is 54.3 Å². The number of nitrogens with one attached hydrogen (secondary N) is 1. The first-order chi connectivity index (χ1) is 13.6. The fourth-order valence-corrected chi connectivity index (χ4v) is 4.83. The van der Waals surface area contributed by atoms with Crippen LogP contribution in [0.15, 0.2) is 53.3 Å². The Morgan fingerprint density at radius 3 is 2.64 bits per heavy atom. The van der Waals surface area contributed by atoms with Gasteiger partial charge in [0.1, 0.15) is 0 Å². The van der Waals surface area contributed by atoms with Gasteiger partial charge in [-0.05, 0) is 55.6 Å². The Morgan fingerprint density at radius 1 is 1.14 bits per heavy atom. The SMILES string of the molecule is Cn1c(=O)sc2cc(NC(=O)CCN3CCC(c4ccccc4)CC3)ccc21. The molecule has 1 aliphatic heterocycles. The number of carbonyl (C=O) groups excluding carboxylic acids is 1. The molecule has 1 aromatic heterocycles. The third kappa shape index (κ3) is 4.18. The summed E-state index contributed by atoms with van der Waals surface area (Å²) in [4.78, 5) is 26.5. The van der Waals surface area contributed by atoms with E-state index in [0.717, 1.165) is 48.4 Å². The zero-order valence-electron chi connectivity index (χ0n) is 16.1. The van der Waals surface area contributed by atoms with Crippen LogP contribution in [0.4, 0.5) is 5.69 Å². The molecule has 2 heterocycles. The number of hydrogen-bond acceptors (Lipinski definition) is 4. The van der Waals surface area contributed by atoms with Gasteiger partial charge in [-0.15, -0.1) is 0 Å². The van der Waals surface area contributed by atoms with E-state index in [-0.39, 0.29) is 10.8 Å². The Labute approximate surface area is 168 Å². The number of anilines is 1. The molecule has 0 radical (unpaired) electrons. The fraction of sp³-hybridized carbons (Fsp3) is 0.364. The molecule has 0 bridgehead atoms. The third-order valence-corrected chi connectivity index (χ3v) is 6.59. The predicted molar refractivity (Wildman–Crippen MR) is 115 cm³/mol. The molecule has 0 atom stereocenters. The van der Waals surface area contributed by atoms with Crippen LogP contribution in [-0.4, -0.2) is 35.0 Å².